The normalized spacial score (nSPS) is 18.6. The van der Waals surface area contributed by atoms with Crippen LogP contribution in [0.25, 0.3) is 0 Å². The van der Waals surface area contributed by atoms with Crippen molar-refractivity contribution in [3.63, 3.8) is 0 Å². The van der Waals surface area contributed by atoms with E-state index in [0.29, 0.717) is 0 Å². The van der Waals surface area contributed by atoms with Crippen LogP contribution in [0, 0.1) is 0 Å². The highest BCUT2D eigenvalue weighted by atomic mass is 16.2. The molecule has 1 fully saturated rings. The van der Waals surface area contributed by atoms with Crippen LogP contribution >= 0.6 is 0 Å². The molecule has 23 heavy (non-hydrogen) atoms. The van der Waals surface area contributed by atoms with Crippen LogP contribution in [0.1, 0.15) is 17.5 Å². The number of piperazine rings is 1. The largest absolute Gasteiger partial charge is 0.353 e. The average Bonchev–Trinajstić information content (AvgIpc) is 2.60. The molecule has 1 atom stereocenters. The van der Waals surface area contributed by atoms with E-state index in [1.807, 2.05) is 30.5 Å². The van der Waals surface area contributed by atoms with Gasteiger partial charge in [0.25, 0.3) is 0 Å². The molecule has 1 aromatic heterocycles. The molecule has 1 unspecified atom stereocenters. The lowest BCUT2D eigenvalue weighted by Gasteiger charge is -2.35. The Kier molecular flexibility index (Phi) is 5.37. The van der Waals surface area contributed by atoms with Crippen molar-refractivity contribution in [1.29, 1.82) is 0 Å². The van der Waals surface area contributed by atoms with E-state index >= 15 is 0 Å². The quantitative estimate of drug-likeness (QED) is 0.888. The predicted octanol–water partition coefficient (Wildman–Crippen LogP) is 2.06. The third-order valence-corrected chi connectivity index (χ3v) is 4.35. The number of hydrogen-bond acceptors (Lipinski definition) is 3. The third kappa shape index (κ3) is 4.39. The van der Waals surface area contributed by atoms with Crippen LogP contribution in [0.5, 0.6) is 0 Å². The molecule has 0 bridgehead atoms. The van der Waals surface area contributed by atoms with E-state index in [2.05, 4.69) is 33.4 Å². The maximum Gasteiger partial charge on any atom is 0.237 e. The molecular weight excluding hydrogens is 286 g/mol. The van der Waals surface area contributed by atoms with Crippen LogP contribution in [0.4, 0.5) is 0 Å². The van der Waals surface area contributed by atoms with Crippen LogP contribution < -0.4 is 5.32 Å². The molecule has 1 saturated heterocycles. The molecule has 4 nitrogen and oxygen atoms in total. The van der Waals surface area contributed by atoms with Gasteiger partial charge in [0, 0.05) is 25.5 Å². The first-order valence-corrected chi connectivity index (χ1v) is 8.27. The van der Waals surface area contributed by atoms with Crippen molar-refractivity contribution in [1.82, 2.24) is 15.2 Å². The second kappa shape index (κ2) is 7.88. The number of aromatic nitrogens is 1. The topological polar surface area (TPSA) is 45.2 Å². The minimum atomic E-state index is -0.0555. The molecule has 1 amide bonds. The molecular formula is C19H23N3O. The number of rotatable bonds is 6. The zero-order valence-electron chi connectivity index (χ0n) is 13.3. The molecule has 0 aliphatic carbocycles. The Morgan fingerprint density at radius 3 is 2.74 bits per heavy atom. The highest BCUT2D eigenvalue weighted by Crippen LogP contribution is 2.13. The number of nitrogens with zero attached hydrogens (tertiary/aromatic N) is 2. The van der Waals surface area contributed by atoms with Gasteiger partial charge in [-0.2, -0.15) is 0 Å². The molecule has 4 heteroatoms. The number of aryl methyl sites for hydroxylation is 1. The van der Waals surface area contributed by atoms with E-state index in [0.717, 1.165) is 38.9 Å². The summed E-state index contributed by atoms with van der Waals surface area (Å²) in [7, 11) is 0. The Balaban J connectivity index is 1.58. The summed E-state index contributed by atoms with van der Waals surface area (Å²) in [6, 6.07) is 14.3. The van der Waals surface area contributed by atoms with Crippen molar-refractivity contribution in [2.75, 3.05) is 19.6 Å². The van der Waals surface area contributed by atoms with Crippen molar-refractivity contribution in [3.05, 3.63) is 66.0 Å². The lowest BCUT2D eigenvalue weighted by atomic mass is 10.0. The molecule has 1 aliphatic rings. The second-order valence-corrected chi connectivity index (χ2v) is 6.00. The van der Waals surface area contributed by atoms with Crippen LogP contribution in [-0.4, -0.2) is 41.5 Å². The smallest absolute Gasteiger partial charge is 0.237 e. The van der Waals surface area contributed by atoms with Crippen molar-refractivity contribution < 1.29 is 4.79 Å². The van der Waals surface area contributed by atoms with E-state index < -0.39 is 0 Å². The number of amides is 1. The van der Waals surface area contributed by atoms with Crippen LogP contribution in [0.2, 0.25) is 0 Å². The number of nitrogens with one attached hydrogen (secondary N) is 1. The van der Waals surface area contributed by atoms with E-state index in [9.17, 15) is 4.79 Å². The zero-order chi connectivity index (χ0) is 15.9. The Morgan fingerprint density at radius 1 is 1.13 bits per heavy atom. The standard InChI is InChI=1S/C19H23N3O/c23-19-18(14-16-6-2-1-3-7-16)22(13-11-21-19)12-5-9-17-8-4-10-20-15-17/h1-4,6-8,10,15,18H,5,9,11-14H2,(H,21,23). The van der Waals surface area contributed by atoms with Gasteiger partial charge in [0.15, 0.2) is 0 Å². The van der Waals surface area contributed by atoms with Crippen LogP contribution in [0.15, 0.2) is 54.9 Å². The summed E-state index contributed by atoms with van der Waals surface area (Å²) in [5.74, 6) is 0.154. The van der Waals surface area contributed by atoms with Gasteiger partial charge in [0.05, 0.1) is 6.04 Å². The average molecular weight is 309 g/mol. The molecule has 0 saturated carbocycles. The molecule has 3 rings (SSSR count). The fourth-order valence-electron chi connectivity index (χ4n) is 3.12. The summed E-state index contributed by atoms with van der Waals surface area (Å²) in [5.41, 5.74) is 2.47. The first kappa shape index (κ1) is 15.7. The SMILES string of the molecule is O=C1NCCN(CCCc2cccnc2)C1Cc1ccccc1. The van der Waals surface area contributed by atoms with Crippen LogP contribution in [-0.2, 0) is 17.6 Å². The molecule has 120 valence electrons. The molecule has 2 heterocycles. The number of benzene rings is 1. The van der Waals surface area contributed by atoms with Crippen LogP contribution in [0.3, 0.4) is 0 Å². The fourth-order valence-corrected chi connectivity index (χ4v) is 3.12. The summed E-state index contributed by atoms with van der Waals surface area (Å²) in [6.45, 7) is 2.62. The first-order valence-electron chi connectivity index (χ1n) is 8.27. The Hall–Kier alpha value is -2.20. The maximum absolute atomic E-state index is 12.3. The Labute approximate surface area is 137 Å². The molecule has 1 aliphatic heterocycles. The highest BCUT2D eigenvalue weighted by Gasteiger charge is 2.29. The molecule has 1 aromatic carbocycles. The summed E-state index contributed by atoms with van der Waals surface area (Å²) in [5, 5.41) is 3.00. The van der Waals surface area contributed by atoms with Crippen molar-refractivity contribution >= 4 is 5.91 Å². The highest BCUT2D eigenvalue weighted by molar-refractivity contribution is 5.82. The Bertz CT molecular complexity index is 615. The van der Waals surface area contributed by atoms with E-state index in [1.165, 1.54) is 11.1 Å². The van der Waals surface area contributed by atoms with Crippen molar-refractivity contribution in [3.8, 4) is 0 Å². The number of carbonyl (C=O) groups excluding carboxylic acids is 1. The minimum Gasteiger partial charge on any atom is -0.353 e. The lowest BCUT2D eigenvalue weighted by molar-refractivity contribution is -0.129. The molecule has 2 aromatic rings. The Morgan fingerprint density at radius 2 is 1.96 bits per heavy atom. The summed E-state index contributed by atoms with van der Waals surface area (Å²) < 4.78 is 0. The second-order valence-electron chi connectivity index (χ2n) is 6.00. The van der Waals surface area contributed by atoms with Gasteiger partial charge in [-0.1, -0.05) is 36.4 Å². The van der Waals surface area contributed by atoms with Gasteiger partial charge in [-0.15, -0.1) is 0 Å². The summed E-state index contributed by atoms with van der Waals surface area (Å²) >= 11 is 0. The number of hydrogen-bond donors (Lipinski definition) is 1. The number of pyridine rings is 1. The fraction of sp³-hybridized carbons (Fsp3) is 0.368. The lowest BCUT2D eigenvalue weighted by Crippen LogP contribution is -2.56. The number of carbonyl (C=O) groups is 1. The first-order chi connectivity index (χ1) is 11.3. The minimum absolute atomic E-state index is 0.0555. The van der Waals surface area contributed by atoms with Gasteiger partial charge in [-0.05, 0) is 43.0 Å². The van der Waals surface area contributed by atoms with E-state index in [4.69, 9.17) is 0 Å². The molecule has 0 radical (unpaired) electrons. The van der Waals surface area contributed by atoms with Gasteiger partial charge < -0.3 is 5.32 Å². The van der Waals surface area contributed by atoms with Gasteiger partial charge >= 0.3 is 0 Å². The summed E-state index contributed by atoms with van der Waals surface area (Å²) in [4.78, 5) is 18.8. The molecule has 0 spiro atoms. The molecule has 1 N–H and O–H groups in total. The van der Waals surface area contributed by atoms with E-state index in [1.54, 1.807) is 6.20 Å². The monoisotopic (exact) mass is 309 g/mol. The van der Waals surface area contributed by atoms with Gasteiger partial charge in [0.2, 0.25) is 5.91 Å². The zero-order valence-corrected chi connectivity index (χ0v) is 13.3. The van der Waals surface area contributed by atoms with Crippen molar-refractivity contribution in [2.45, 2.75) is 25.3 Å². The third-order valence-electron chi connectivity index (χ3n) is 4.35. The van der Waals surface area contributed by atoms with Crippen molar-refractivity contribution in [2.24, 2.45) is 0 Å². The summed E-state index contributed by atoms with van der Waals surface area (Å²) in [6.07, 6.45) is 6.55. The van der Waals surface area contributed by atoms with Gasteiger partial charge in [-0.3, -0.25) is 14.7 Å². The predicted molar refractivity (Wildman–Crippen MR) is 91.1 cm³/mol. The van der Waals surface area contributed by atoms with Gasteiger partial charge in [0.1, 0.15) is 0 Å². The maximum atomic E-state index is 12.3. The van der Waals surface area contributed by atoms with Gasteiger partial charge in [-0.25, -0.2) is 0 Å². The van der Waals surface area contributed by atoms with E-state index in [-0.39, 0.29) is 11.9 Å².